The van der Waals surface area contributed by atoms with Crippen LogP contribution in [0.25, 0.3) is 10.9 Å². The molecule has 0 fully saturated rings. The molecule has 7 heteroatoms. The van der Waals surface area contributed by atoms with Gasteiger partial charge in [-0.25, -0.2) is 15.0 Å². The molecule has 7 nitrogen and oxygen atoms in total. The molecule has 1 aromatic carbocycles. The third-order valence-corrected chi connectivity index (χ3v) is 3.79. The van der Waals surface area contributed by atoms with Crippen LogP contribution in [0.2, 0.25) is 0 Å². The van der Waals surface area contributed by atoms with E-state index in [0.717, 1.165) is 34.8 Å². The Balaban J connectivity index is 1.83. The number of benzene rings is 1. The first-order chi connectivity index (χ1) is 11.8. The van der Waals surface area contributed by atoms with Crippen molar-refractivity contribution in [3.8, 4) is 0 Å². The van der Waals surface area contributed by atoms with Gasteiger partial charge in [0, 0.05) is 31.7 Å². The van der Waals surface area contributed by atoms with E-state index < -0.39 is 0 Å². The number of methoxy groups -OCH3 is 1. The van der Waals surface area contributed by atoms with Crippen molar-refractivity contribution in [2.45, 2.75) is 19.5 Å². The van der Waals surface area contributed by atoms with Crippen LogP contribution in [-0.4, -0.2) is 39.8 Å². The number of imidazole rings is 1. The summed E-state index contributed by atoms with van der Waals surface area (Å²) in [4.78, 5) is 13.4. The molecule has 0 atom stereocenters. The monoisotopic (exact) mass is 326 g/mol. The molecule has 2 aromatic heterocycles. The highest BCUT2D eigenvalue weighted by Crippen LogP contribution is 2.20. The van der Waals surface area contributed by atoms with Gasteiger partial charge in [0.15, 0.2) is 0 Å². The third kappa shape index (κ3) is 3.69. The van der Waals surface area contributed by atoms with Crippen LogP contribution in [0.3, 0.4) is 0 Å². The minimum atomic E-state index is 0.529. The van der Waals surface area contributed by atoms with Crippen LogP contribution in [0.4, 0.5) is 5.82 Å². The van der Waals surface area contributed by atoms with Crippen molar-refractivity contribution < 1.29 is 4.74 Å². The SMILES string of the molecule is COCCn1cncc1CNc1nc(CCN)nc2ccccc12. The van der Waals surface area contributed by atoms with Crippen molar-refractivity contribution in [1.29, 1.82) is 0 Å². The van der Waals surface area contributed by atoms with Crippen molar-refractivity contribution in [3.63, 3.8) is 0 Å². The van der Waals surface area contributed by atoms with E-state index in [0.29, 0.717) is 26.1 Å². The first kappa shape index (κ1) is 16.4. The average molecular weight is 326 g/mol. The lowest BCUT2D eigenvalue weighted by atomic mass is 10.2. The smallest absolute Gasteiger partial charge is 0.137 e. The number of nitrogens with two attached hydrogens (primary N) is 1. The van der Waals surface area contributed by atoms with Gasteiger partial charge in [0.05, 0.1) is 30.7 Å². The zero-order valence-corrected chi connectivity index (χ0v) is 13.8. The predicted molar refractivity (Wildman–Crippen MR) is 93.7 cm³/mol. The van der Waals surface area contributed by atoms with Crippen LogP contribution in [-0.2, 0) is 24.2 Å². The normalized spacial score (nSPS) is 11.1. The molecule has 0 spiro atoms. The Morgan fingerprint density at radius 2 is 2.12 bits per heavy atom. The average Bonchev–Trinajstić information content (AvgIpc) is 3.05. The standard InChI is InChI=1S/C17H22N6O/c1-24-9-8-23-12-19-10-13(23)11-20-17-14-4-2-3-5-15(14)21-16(22-17)6-7-18/h2-5,10,12H,6-9,11,18H2,1H3,(H,20,21,22). The van der Waals surface area contributed by atoms with Gasteiger partial charge in [0.2, 0.25) is 0 Å². The Hall–Kier alpha value is -2.51. The minimum absolute atomic E-state index is 0.529. The fourth-order valence-corrected chi connectivity index (χ4v) is 2.56. The van der Waals surface area contributed by atoms with Crippen LogP contribution in [0.1, 0.15) is 11.5 Å². The number of rotatable bonds is 8. The molecular weight excluding hydrogens is 304 g/mol. The fourth-order valence-electron chi connectivity index (χ4n) is 2.56. The Labute approximate surface area is 140 Å². The summed E-state index contributed by atoms with van der Waals surface area (Å²) in [5, 5.41) is 4.41. The highest BCUT2D eigenvalue weighted by molar-refractivity contribution is 5.88. The van der Waals surface area contributed by atoms with Crippen molar-refractivity contribution in [2.24, 2.45) is 5.73 Å². The van der Waals surface area contributed by atoms with E-state index in [4.69, 9.17) is 10.5 Å². The van der Waals surface area contributed by atoms with Gasteiger partial charge in [-0.3, -0.25) is 0 Å². The fraction of sp³-hybridized carbons (Fsp3) is 0.353. The topological polar surface area (TPSA) is 90.9 Å². The number of aromatic nitrogens is 4. The second kappa shape index (κ2) is 7.85. The van der Waals surface area contributed by atoms with Crippen LogP contribution >= 0.6 is 0 Å². The molecule has 0 saturated carbocycles. The molecule has 0 amide bonds. The Bertz CT molecular complexity index is 801. The lowest BCUT2D eigenvalue weighted by Crippen LogP contribution is -2.12. The van der Waals surface area contributed by atoms with E-state index in [1.165, 1.54) is 0 Å². The lowest BCUT2D eigenvalue weighted by molar-refractivity contribution is 0.186. The summed E-state index contributed by atoms with van der Waals surface area (Å²) in [7, 11) is 1.70. The summed E-state index contributed by atoms with van der Waals surface area (Å²) < 4.78 is 7.20. The van der Waals surface area contributed by atoms with Gasteiger partial charge < -0.3 is 20.4 Å². The van der Waals surface area contributed by atoms with Gasteiger partial charge in [-0.1, -0.05) is 12.1 Å². The molecule has 126 valence electrons. The van der Waals surface area contributed by atoms with Gasteiger partial charge in [0.1, 0.15) is 11.6 Å². The summed E-state index contributed by atoms with van der Waals surface area (Å²) in [6, 6.07) is 7.98. The molecule has 0 aliphatic rings. The number of ether oxygens (including phenoxy) is 1. The van der Waals surface area contributed by atoms with E-state index in [1.807, 2.05) is 36.8 Å². The van der Waals surface area contributed by atoms with Gasteiger partial charge in [0.25, 0.3) is 0 Å². The zero-order valence-electron chi connectivity index (χ0n) is 13.8. The van der Waals surface area contributed by atoms with E-state index >= 15 is 0 Å². The highest BCUT2D eigenvalue weighted by Gasteiger charge is 2.08. The molecule has 0 radical (unpaired) electrons. The summed E-state index contributed by atoms with van der Waals surface area (Å²) in [6.07, 6.45) is 4.33. The van der Waals surface area contributed by atoms with Gasteiger partial charge >= 0.3 is 0 Å². The van der Waals surface area contributed by atoms with Crippen molar-refractivity contribution in [3.05, 3.63) is 48.3 Å². The third-order valence-electron chi connectivity index (χ3n) is 3.79. The van der Waals surface area contributed by atoms with Crippen LogP contribution in [0.5, 0.6) is 0 Å². The maximum Gasteiger partial charge on any atom is 0.137 e. The first-order valence-electron chi connectivity index (χ1n) is 7.99. The molecule has 0 bridgehead atoms. The molecule has 3 N–H and O–H groups in total. The van der Waals surface area contributed by atoms with E-state index in [-0.39, 0.29) is 0 Å². The van der Waals surface area contributed by atoms with E-state index in [9.17, 15) is 0 Å². The maximum atomic E-state index is 5.65. The number of nitrogens with one attached hydrogen (secondary N) is 1. The largest absolute Gasteiger partial charge is 0.383 e. The van der Waals surface area contributed by atoms with Gasteiger partial charge in [-0.15, -0.1) is 0 Å². The number of nitrogens with zero attached hydrogens (tertiary/aromatic N) is 4. The second-order valence-electron chi connectivity index (χ2n) is 5.47. The van der Waals surface area contributed by atoms with Crippen LogP contribution < -0.4 is 11.1 Å². The maximum absolute atomic E-state index is 5.65. The van der Waals surface area contributed by atoms with Crippen LogP contribution in [0, 0.1) is 0 Å². The molecule has 0 saturated heterocycles. The molecule has 2 heterocycles. The quantitative estimate of drug-likeness (QED) is 0.653. The molecule has 0 unspecified atom stereocenters. The Morgan fingerprint density at radius 1 is 1.25 bits per heavy atom. The number of para-hydroxylation sites is 1. The van der Waals surface area contributed by atoms with Crippen molar-refractivity contribution >= 4 is 16.7 Å². The minimum Gasteiger partial charge on any atom is -0.383 e. The Kier molecular flexibility index (Phi) is 5.35. The molecule has 3 rings (SSSR count). The Morgan fingerprint density at radius 3 is 2.96 bits per heavy atom. The highest BCUT2D eigenvalue weighted by atomic mass is 16.5. The molecule has 0 aliphatic heterocycles. The molecule has 24 heavy (non-hydrogen) atoms. The zero-order chi connectivity index (χ0) is 16.8. The van der Waals surface area contributed by atoms with E-state index in [2.05, 4.69) is 24.8 Å². The second-order valence-corrected chi connectivity index (χ2v) is 5.47. The van der Waals surface area contributed by atoms with E-state index in [1.54, 1.807) is 7.11 Å². The lowest BCUT2D eigenvalue weighted by Gasteiger charge is -2.12. The molecular formula is C17H22N6O. The summed E-state index contributed by atoms with van der Waals surface area (Å²) >= 11 is 0. The number of fused-ring (bicyclic) bond motifs is 1. The summed E-state index contributed by atoms with van der Waals surface area (Å²) in [6.45, 7) is 2.59. The number of hydrogen-bond donors (Lipinski definition) is 2. The predicted octanol–water partition coefficient (Wildman–Crippen LogP) is 1.59. The van der Waals surface area contributed by atoms with Crippen molar-refractivity contribution in [1.82, 2.24) is 19.5 Å². The first-order valence-corrected chi connectivity index (χ1v) is 7.99. The van der Waals surface area contributed by atoms with Gasteiger partial charge in [-0.2, -0.15) is 0 Å². The number of anilines is 1. The van der Waals surface area contributed by atoms with Crippen molar-refractivity contribution in [2.75, 3.05) is 25.6 Å². The summed E-state index contributed by atoms with van der Waals surface area (Å²) in [5.41, 5.74) is 7.65. The number of hydrogen-bond acceptors (Lipinski definition) is 6. The molecule has 0 aliphatic carbocycles. The van der Waals surface area contributed by atoms with Crippen LogP contribution in [0.15, 0.2) is 36.8 Å². The van der Waals surface area contributed by atoms with Gasteiger partial charge in [-0.05, 0) is 18.7 Å². The summed E-state index contributed by atoms with van der Waals surface area (Å²) in [5.74, 6) is 1.58. The molecule has 3 aromatic rings.